The van der Waals surface area contributed by atoms with Gasteiger partial charge in [0.05, 0.1) is 12.6 Å². The number of hydroxylamine groups is 1. The van der Waals surface area contributed by atoms with Gasteiger partial charge in [0, 0.05) is 37.5 Å². The lowest BCUT2D eigenvalue weighted by Crippen LogP contribution is -2.53. The number of hydrogen-bond donors (Lipinski definition) is 1. The monoisotopic (exact) mass is 431 g/mol. The third-order valence-corrected chi connectivity index (χ3v) is 7.05. The van der Waals surface area contributed by atoms with Crippen LogP contribution in [0.1, 0.15) is 36.0 Å². The van der Waals surface area contributed by atoms with Crippen LogP contribution in [0.3, 0.4) is 0 Å². The van der Waals surface area contributed by atoms with E-state index in [0.29, 0.717) is 13.1 Å². The maximum Gasteiger partial charge on any atom is 0.341 e. The number of pyridine rings is 1. The van der Waals surface area contributed by atoms with Crippen LogP contribution < -0.4 is 10.2 Å². The maximum atomic E-state index is 12.0. The highest BCUT2D eigenvalue weighted by atomic mass is 16.6. The van der Waals surface area contributed by atoms with Gasteiger partial charge in [0.2, 0.25) is 0 Å². The second-order valence-electron chi connectivity index (χ2n) is 8.97. The fourth-order valence-corrected chi connectivity index (χ4v) is 5.16. The van der Waals surface area contributed by atoms with E-state index < -0.39 is 0 Å². The van der Waals surface area contributed by atoms with Crippen LogP contribution in [0.5, 0.6) is 5.75 Å². The molecular weight excluding hydrogens is 402 g/mol. The summed E-state index contributed by atoms with van der Waals surface area (Å²) in [5.74, 6) is 0.990. The second kappa shape index (κ2) is 8.10. The van der Waals surface area contributed by atoms with Crippen molar-refractivity contribution in [3.8, 4) is 16.9 Å². The molecule has 0 saturated carbocycles. The Morgan fingerprint density at radius 3 is 2.72 bits per heavy atom. The van der Waals surface area contributed by atoms with E-state index in [-0.39, 0.29) is 11.6 Å². The minimum absolute atomic E-state index is 0.181. The Hall–Kier alpha value is -3.12. The van der Waals surface area contributed by atoms with Crippen molar-refractivity contribution in [1.82, 2.24) is 15.4 Å². The van der Waals surface area contributed by atoms with Gasteiger partial charge in [-0.05, 0) is 72.7 Å². The predicted octanol–water partition coefficient (Wildman–Crippen LogP) is 4.95. The molecule has 0 aliphatic carbocycles. The van der Waals surface area contributed by atoms with Crippen molar-refractivity contribution in [2.75, 3.05) is 20.2 Å². The van der Waals surface area contributed by atoms with E-state index in [1.165, 1.54) is 40.3 Å². The van der Waals surface area contributed by atoms with E-state index in [4.69, 9.17) is 9.57 Å². The Labute approximate surface area is 188 Å². The summed E-state index contributed by atoms with van der Waals surface area (Å²) in [4.78, 5) is 23.2. The number of carbonyl (C=O) groups is 1. The van der Waals surface area contributed by atoms with E-state index in [9.17, 15) is 4.79 Å². The van der Waals surface area contributed by atoms with Crippen LogP contribution in [-0.2, 0) is 11.3 Å². The fraction of sp³-hybridized carbons (Fsp3) is 0.385. The zero-order valence-electron chi connectivity index (χ0n) is 18.9. The summed E-state index contributed by atoms with van der Waals surface area (Å²) < 4.78 is 6.62. The molecule has 1 N–H and O–H groups in total. The van der Waals surface area contributed by atoms with Gasteiger partial charge in [0.25, 0.3) is 0 Å². The normalized spacial score (nSPS) is 17.2. The molecule has 0 unspecified atom stereocenters. The van der Waals surface area contributed by atoms with Crippen molar-refractivity contribution in [2.45, 2.75) is 45.1 Å². The molecule has 3 heterocycles. The summed E-state index contributed by atoms with van der Waals surface area (Å²) in [6, 6.07) is 12.8. The minimum Gasteiger partial charge on any atom is -0.487 e. The van der Waals surface area contributed by atoms with Crippen molar-refractivity contribution in [1.29, 1.82) is 0 Å². The first kappa shape index (κ1) is 20.8. The number of aromatic nitrogens is 1. The molecule has 5 rings (SSSR count). The molecule has 0 radical (unpaired) electrons. The standard InChI is InChI=1S/C26H29N3O3/c1-17-15-23-20(8-9-26(32-23)10-13-29(14-11-26)25(30)28-31-3)16-22(17)21-7-6-19-5-4-12-27-24(19)18(21)2/h4-7,12,15-16H,8-11,13-14H2,1-3H3,(H,28,30). The van der Waals surface area contributed by atoms with Crippen LogP contribution in [0.25, 0.3) is 22.0 Å². The molecule has 2 aliphatic rings. The third-order valence-electron chi connectivity index (χ3n) is 7.05. The zero-order chi connectivity index (χ0) is 22.3. The van der Waals surface area contributed by atoms with Gasteiger partial charge in [-0.2, -0.15) is 0 Å². The first-order chi connectivity index (χ1) is 15.5. The number of urea groups is 1. The summed E-state index contributed by atoms with van der Waals surface area (Å²) in [5.41, 5.74) is 9.43. The number of rotatable bonds is 2. The summed E-state index contributed by atoms with van der Waals surface area (Å²) in [6.45, 7) is 5.65. The lowest BCUT2D eigenvalue weighted by molar-refractivity contribution is -0.0107. The Kier molecular flexibility index (Phi) is 5.25. The van der Waals surface area contributed by atoms with E-state index in [0.717, 1.165) is 36.9 Å². The minimum atomic E-state index is -0.187. The number of nitrogens with zero attached hydrogens (tertiary/aromatic N) is 2. The molecule has 1 saturated heterocycles. The van der Waals surface area contributed by atoms with Gasteiger partial charge in [-0.25, -0.2) is 10.3 Å². The molecular formula is C26H29N3O3. The first-order valence-corrected chi connectivity index (χ1v) is 11.2. The lowest BCUT2D eigenvalue weighted by atomic mass is 9.82. The highest BCUT2D eigenvalue weighted by Crippen LogP contribution is 2.42. The molecule has 0 bridgehead atoms. The average molecular weight is 432 g/mol. The van der Waals surface area contributed by atoms with Crippen molar-refractivity contribution in [2.24, 2.45) is 0 Å². The number of aryl methyl sites for hydroxylation is 3. The van der Waals surface area contributed by atoms with E-state index in [1.54, 1.807) is 4.90 Å². The number of amides is 2. The van der Waals surface area contributed by atoms with Crippen molar-refractivity contribution < 1.29 is 14.4 Å². The highest BCUT2D eigenvalue weighted by Gasteiger charge is 2.40. The molecule has 166 valence electrons. The molecule has 2 aliphatic heterocycles. The van der Waals surface area contributed by atoms with Crippen LogP contribution in [0.4, 0.5) is 4.79 Å². The Bertz CT molecular complexity index is 1180. The predicted molar refractivity (Wildman–Crippen MR) is 125 cm³/mol. The summed E-state index contributed by atoms with van der Waals surface area (Å²) in [6.07, 6.45) is 5.48. The largest absolute Gasteiger partial charge is 0.487 e. The Balaban J connectivity index is 1.40. The van der Waals surface area contributed by atoms with Gasteiger partial charge in [0.1, 0.15) is 11.4 Å². The number of carbonyl (C=O) groups excluding carboxylic acids is 1. The maximum absolute atomic E-state index is 12.0. The summed E-state index contributed by atoms with van der Waals surface area (Å²) in [7, 11) is 1.46. The van der Waals surface area contributed by atoms with Crippen LogP contribution in [0.2, 0.25) is 0 Å². The molecule has 6 heteroatoms. The number of likely N-dealkylation sites (tertiary alicyclic amines) is 1. The smallest absolute Gasteiger partial charge is 0.341 e. The summed E-state index contributed by atoms with van der Waals surface area (Å²) >= 11 is 0. The van der Waals surface area contributed by atoms with Crippen LogP contribution in [0.15, 0.2) is 42.6 Å². The molecule has 2 amide bonds. The molecule has 2 aromatic carbocycles. The number of piperidine rings is 1. The molecule has 1 aromatic heterocycles. The van der Waals surface area contributed by atoms with Gasteiger partial charge in [0.15, 0.2) is 0 Å². The van der Waals surface area contributed by atoms with Crippen LogP contribution in [-0.4, -0.2) is 41.7 Å². The van der Waals surface area contributed by atoms with Crippen molar-refractivity contribution in [3.05, 3.63) is 59.3 Å². The van der Waals surface area contributed by atoms with E-state index >= 15 is 0 Å². The molecule has 32 heavy (non-hydrogen) atoms. The number of nitrogens with one attached hydrogen (secondary N) is 1. The molecule has 1 fully saturated rings. The average Bonchev–Trinajstić information content (AvgIpc) is 2.80. The summed E-state index contributed by atoms with van der Waals surface area (Å²) in [5, 5.41) is 1.17. The van der Waals surface area contributed by atoms with Gasteiger partial charge in [-0.15, -0.1) is 0 Å². The zero-order valence-corrected chi connectivity index (χ0v) is 18.9. The Morgan fingerprint density at radius 1 is 1.12 bits per heavy atom. The van der Waals surface area contributed by atoms with Crippen molar-refractivity contribution >= 4 is 16.9 Å². The van der Waals surface area contributed by atoms with Gasteiger partial charge in [-0.3, -0.25) is 9.82 Å². The van der Waals surface area contributed by atoms with Gasteiger partial charge in [-0.1, -0.05) is 18.2 Å². The number of fused-ring (bicyclic) bond motifs is 2. The van der Waals surface area contributed by atoms with E-state index in [1.807, 2.05) is 12.3 Å². The first-order valence-electron chi connectivity index (χ1n) is 11.2. The lowest BCUT2D eigenvalue weighted by Gasteiger charge is -2.44. The van der Waals surface area contributed by atoms with Gasteiger partial charge < -0.3 is 9.64 Å². The molecule has 3 aromatic rings. The van der Waals surface area contributed by atoms with E-state index in [2.05, 4.69) is 54.6 Å². The highest BCUT2D eigenvalue weighted by molar-refractivity contribution is 5.89. The topological polar surface area (TPSA) is 63.7 Å². The third kappa shape index (κ3) is 3.58. The number of ether oxygens (including phenoxy) is 1. The SMILES string of the molecule is CONC(=O)N1CCC2(CCc3cc(-c4ccc5cccnc5c4C)c(C)cc3O2)CC1. The molecule has 6 nitrogen and oxygen atoms in total. The number of hydrogen-bond acceptors (Lipinski definition) is 4. The molecule has 1 spiro atoms. The Morgan fingerprint density at radius 2 is 1.94 bits per heavy atom. The molecule has 0 atom stereocenters. The number of benzene rings is 2. The fourth-order valence-electron chi connectivity index (χ4n) is 5.16. The second-order valence-corrected chi connectivity index (χ2v) is 8.97. The van der Waals surface area contributed by atoms with Crippen molar-refractivity contribution in [3.63, 3.8) is 0 Å². The van der Waals surface area contributed by atoms with Crippen LogP contribution in [0, 0.1) is 13.8 Å². The quantitative estimate of drug-likeness (QED) is 0.583. The van der Waals surface area contributed by atoms with Crippen LogP contribution >= 0.6 is 0 Å². The van der Waals surface area contributed by atoms with Gasteiger partial charge >= 0.3 is 6.03 Å².